The molecule has 10 nitrogen and oxygen atoms in total. The number of nitrogens with two attached hydrogens (primary N) is 1. The maximum Gasteiger partial charge on any atom is 0.407 e. The Morgan fingerprint density at radius 1 is 1.20 bits per heavy atom. The largest absolute Gasteiger partial charge is 0.465 e. The Kier molecular flexibility index (Phi) is 5.83. The van der Waals surface area contributed by atoms with E-state index in [2.05, 4.69) is 5.32 Å². The number of carboxylic acid groups (broad SMARTS) is 1. The number of aliphatic hydroxyl groups is 1. The quantitative estimate of drug-likeness (QED) is 0.462. The van der Waals surface area contributed by atoms with Gasteiger partial charge in [-0.05, 0) is 26.2 Å². The highest BCUT2D eigenvalue weighted by Crippen LogP contribution is 2.25. The zero-order valence-corrected chi connectivity index (χ0v) is 14.1. The third kappa shape index (κ3) is 4.19. The molecule has 2 aliphatic rings. The zero-order valence-electron chi connectivity index (χ0n) is 14.1. The molecule has 0 unspecified atom stereocenters. The second kappa shape index (κ2) is 7.68. The maximum atomic E-state index is 12.7. The Morgan fingerprint density at radius 3 is 2.40 bits per heavy atom. The Balaban J connectivity index is 2.02. The Morgan fingerprint density at radius 2 is 1.88 bits per heavy atom. The van der Waals surface area contributed by atoms with Gasteiger partial charge in [0.15, 0.2) is 0 Å². The third-order valence-corrected chi connectivity index (χ3v) is 4.73. The molecule has 10 heteroatoms. The molecule has 0 aromatic carbocycles. The molecule has 25 heavy (non-hydrogen) atoms. The summed E-state index contributed by atoms with van der Waals surface area (Å²) in [5.74, 6) is -2.11. The first kappa shape index (κ1) is 19.0. The minimum Gasteiger partial charge on any atom is -0.465 e. The Labute approximate surface area is 144 Å². The van der Waals surface area contributed by atoms with Crippen LogP contribution in [0.3, 0.4) is 0 Å². The van der Waals surface area contributed by atoms with Crippen LogP contribution >= 0.6 is 0 Å². The molecule has 0 aromatic heterocycles. The summed E-state index contributed by atoms with van der Waals surface area (Å²) in [5, 5.41) is 20.9. The fourth-order valence-electron chi connectivity index (χ4n) is 3.35. The van der Waals surface area contributed by atoms with Crippen molar-refractivity contribution in [2.45, 2.75) is 44.4 Å². The van der Waals surface area contributed by atoms with Crippen LogP contribution in [0.1, 0.15) is 26.2 Å². The first-order valence-corrected chi connectivity index (χ1v) is 8.28. The van der Waals surface area contributed by atoms with E-state index in [9.17, 15) is 24.3 Å². The van der Waals surface area contributed by atoms with Gasteiger partial charge in [0.1, 0.15) is 12.1 Å². The predicted molar refractivity (Wildman–Crippen MR) is 85.2 cm³/mol. The van der Waals surface area contributed by atoms with Gasteiger partial charge < -0.3 is 31.1 Å². The van der Waals surface area contributed by atoms with E-state index in [1.54, 1.807) is 0 Å². The van der Waals surface area contributed by atoms with Gasteiger partial charge in [0, 0.05) is 19.6 Å². The van der Waals surface area contributed by atoms with Crippen LogP contribution in [0, 0.1) is 5.92 Å². The normalized spacial score (nSPS) is 25.5. The molecule has 2 rings (SSSR count). The number of primary amides is 1. The van der Waals surface area contributed by atoms with E-state index in [0.717, 1.165) is 0 Å². The molecule has 4 atom stereocenters. The van der Waals surface area contributed by atoms with Crippen molar-refractivity contribution in [2.75, 3.05) is 19.6 Å². The first-order valence-electron chi connectivity index (χ1n) is 8.28. The second-order valence-electron chi connectivity index (χ2n) is 6.53. The molecule has 4 amide bonds. The predicted octanol–water partition coefficient (Wildman–Crippen LogP) is -1.67. The van der Waals surface area contributed by atoms with Gasteiger partial charge in [-0.1, -0.05) is 0 Å². The van der Waals surface area contributed by atoms with Gasteiger partial charge in [-0.15, -0.1) is 0 Å². The summed E-state index contributed by atoms with van der Waals surface area (Å²) < 4.78 is 0. The van der Waals surface area contributed by atoms with Crippen molar-refractivity contribution < 1.29 is 29.4 Å². The van der Waals surface area contributed by atoms with Crippen LogP contribution in [-0.2, 0) is 14.4 Å². The minimum absolute atomic E-state index is 0.122. The fraction of sp³-hybridized carbons (Fsp3) is 0.733. The lowest BCUT2D eigenvalue weighted by Crippen LogP contribution is -2.56. The van der Waals surface area contributed by atoms with Crippen LogP contribution in [0.15, 0.2) is 0 Å². The van der Waals surface area contributed by atoms with Crippen molar-refractivity contribution in [2.24, 2.45) is 11.7 Å². The van der Waals surface area contributed by atoms with Crippen molar-refractivity contribution in [3.63, 3.8) is 0 Å². The highest BCUT2D eigenvalue weighted by molar-refractivity contribution is 5.92. The van der Waals surface area contributed by atoms with Gasteiger partial charge in [0.2, 0.25) is 17.7 Å². The van der Waals surface area contributed by atoms with Gasteiger partial charge in [-0.3, -0.25) is 14.4 Å². The minimum atomic E-state index is -1.22. The molecule has 0 spiro atoms. The number of carbonyl (C=O) groups is 4. The smallest absolute Gasteiger partial charge is 0.407 e. The maximum absolute atomic E-state index is 12.7. The molecule has 2 heterocycles. The molecule has 0 aliphatic carbocycles. The molecule has 0 bridgehead atoms. The Bertz CT molecular complexity index is 566. The van der Waals surface area contributed by atoms with Gasteiger partial charge in [-0.2, -0.15) is 0 Å². The van der Waals surface area contributed by atoms with Crippen LogP contribution in [0.4, 0.5) is 4.79 Å². The monoisotopic (exact) mass is 356 g/mol. The average Bonchev–Trinajstić information content (AvgIpc) is 3.19. The highest BCUT2D eigenvalue weighted by atomic mass is 16.4. The number of carbonyl (C=O) groups excluding carboxylic acids is 3. The van der Waals surface area contributed by atoms with Crippen LogP contribution in [0.5, 0.6) is 0 Å². The molecule has 2 saturated heterocycles. The van der Waals surface area contributed by atoms with Crippen LogP contribution < -0.4 is 11.1 Å². The summed E-state index contributed by atoms with van der Waals surface area (Å²) in [6.45, 7) is 2.15. The second-order valence-corrected chi connectivity index (χ2v) is 6.53. The number of nitrogens with one attached hydrogen (secondary N) is 1. The van der Waals surface area contributed by atoms with Crippen LogP contribution in [0.2, 0.25) is 0 Å². The summed E-state index contributed by atoms with van der Waals surface area (Å²) in [7, 11) is 0. The van der Waals surface area contributed by atoms with Gasteiger partial charge in [0.05, 0.1) is 12.0 Å². The lowest BCUT2D eigenvalue weighted by Gasteiger charge is -2.28. The zero-order chi connectivity index (χ0) is 18.7. The summed E-state index contributed by atoms with van der Waals surface area (Å²) in [6.07, 6.45) is -0.709. The summed E-state index contributed by atoms with van der Waals surface area (Å²) in [4.78, 5) is 50.0. The molecule has 0 radical (unpaired) electrons. The number of hydrogen-bond donors (Lipinski definition) is 4. The molecule has 5 N–H and O–H groups in total. The molecule has 140 valence electrons. The van der Waals surface area contributed by atoms with E-state index in [1.807, 2.05) is 0 Å². The lowest BCUT2D eigenvalue weighted by molar-refractivity contribution is -0.142. The molecular formula is C15H24N4O6. The molecular weight excluding hydrogens is 332 g/mol. The summed E-state index contributed by atoms with van der Waals surface area (Å²) in [6, 6.07) is -1.97. The van der Waals surface area contributed by atoms with Gasteiger partial charge in [-0.25, -0.2) is 4.79 Å². The van der Waals surface area contributed by atoms with E-state index in [-0.39, 0.29) is 12.5 Å². The SMILES string of the molecule is C[C@@H](O)[C@H](NC(=O)[C@H]1CCCN1C(=O)[C@H]1CCN(C(=O)O)C1)C(N)=O. The standard InChI is InChI=1S/C15H24N4O6/c1-8(20)11(12(16)21)17-13(22)10-3-2-5-19(10)14(23)9-4-6-18(7-9)15(24)25/h8-11,20H,2-7H2,1H3,(H2,16,21)(H,17,22)(H,24,25)/t8-,9+,10-,11+/m1/s1. The van der Waals surface area contributed by atoms with E-state index in [1.165, 1.54) is 16.7 Å². The molecule has 0 saturated carbocycles. The molecule has 2 fully saturated rings. The van der Waals surface area contributed by atoms with Crippen molar-refractivity contribution in [3.8, 4) is 0 Å². The van der Waals surface area contributed by atoms with Gasteiger partial charge >= 0.3 is 6.09 Å². The average molecular weight is 356 g/mol. The van der Waals surface area contributed by atoms with Crippen LogP contribution in [0.25, 0.3) is 0 Å². The highest BCUT2D eigenvalue weighted by Gasteiger charge is 2.41. The molecule has 2 aliphatic heterocycles. The third-order valence-electron chi connectivity index (χ3n) is 4.73. The summed E-state index contributed by atoms with van der Waals surface area (Å²) >= 11 is 0. The van der Waals surface area contributed by atoms with E-state index in [0.29, 0.717) is 32.4 Å². The number of hydrogen-bond acceptors (Lipinski definition) is 5. The van der Waals surface area contributed by atoms with Crippen LogP contribution in [-0.4, -0.2) is 81.6 Å². The number of rotatable bonds is 5. The molecule has 0 aromatic rings. The van der Waals surface area contributed by atoms with Crippen molar-refractivity contribution in [1.29, 1.82) is 0 Å². The first-order chi connectivity index (χ1) is 11.7. The van der Waals surface area contributed by atoms with Crippen molar-refractivity contribution >= 4 is 23.8 Å². The van der Waals surface area contributed by atoms with E-state index in [4.69, 9.17) is 10.8 Å². The fourth-order valence-corrected chi connectivity index (χ4v) is 3.35. The number of aliphatic hydroxyl groups excluding tert-OH is 1. The number of nitrogens with zero attached hydrogens (tertiary/aromatic N) is 2. The number of amides is 4. The Hall–Kier alpha value is -2.36. The van der Waals surface area contributed by atoms with Crippen molar-refractivity contribution in [3.05, 3.63) is 0 Å². The lowest BCUT2D eigenvalue weighted by atomic mass is 10.1. The summed E-state index contributed by atoms with van der Waals surface area (Å²) in [5.41, 5.74) is 5.17. The topological polar surface area (TPSA) is 153 Å². The number of likely N-dealkylation sites (tertiary alicyclic amines) is 2. The van der Waals surface area contributed by atoms with E-state index < -0.39 is 42.0 Å². The van der Waals surface area contributed by atoms with Crippen molar-refractivity contribution in [1.82, 2.24) is 15.1 Å². The van der Waals surface area contributed by atoms with E-state index >= 15 is 0 Å². The van der Waals surface area contributed by atoms with Gasteiger partial charge in [0.25, 0.3) is 0 Å².